The van der Waals surface area contributed by atoms with E-state index in [0.29, 0.717) is 0 Å². The minimum absolute atomic E-state index is 0.121. The van der Waals surface area contributed by atoms with Crippen molar-refractivity contribution in [2.45, 2.75) is 12.0 Å². The lowest BCUT2D eigenvalue weighted by atomic mass is 10.5. The van der Waals surface area contributed by atoms with E-state index in [2.05, 4.69) is 11.3 Å². The molecule has 0 amide bonds. The third-order valence-corrected chi connectivity index (χ3v) is 0.985. The molecule has 0 rings (SSSR count). The molecule has 1 N–H and O–H groups in total. The van der Waals surface area contributed by atoms with Crippen LogP contribution in [0.1, 0.15) is 6.42 Å². The summed E-state index contributed by atoms with van der Waals surface area (Å²) in [5, 5.41) is 8.49. The van der Waals surface area contributed by atoms with Gasteiger partial charge in [-0.3, -0.25) is 0 Å². The Balaban J connectivity index is 3.19. The van der Waals surface area contributed by atoms with Crippen molar-refractivity contribution in [1.82, 2.24) is 0 Å². The highest BCUT2D eigenvalue weighted by atomic mass is 35.5. The van der Waals surface area contributed by atoms with Crippen LogP contribution in [0.15, 0.2) is 12.7 Å². The van der Waals surface area contributed by atoms with E-state index in [-0.39, 0.29) is 13.0 Å². The number of carbonyl (C=O) groups excluding carboxylic acids is 1. The summed E-state index contributed by atoms with van der Waals surface area (Å²) in [7, 11) is 0. The molecule has 0 fully saturated rings. The Kier molecular flexibility index (Phi) is 4.98. The summed E-state index contributed by atoms with van der Waals surface area (Å²) in [5.41, 5.74) is -0.947. The molecule has 0 aromatic carbocycles. The van der Waals surface area contributed by atoms with Crippen molar-refractivity contribution in [2.75, 3.05) is 6.61 Å². The van der Waals surface area contributed by atoms with Crippen molar-refractivity contribution in [3.8, 4) is 0 Å². The van der Waals surface area contributed by atoms with Crippen LogP contribution in [0.4, 0.5) is 0 Å². The predicted octanol–water partition coefficient (Wildman–Crippen LogP) is 0.663. The van der Waals surface area contributed by atoms with Crippen molar-refractivity contribution in [1.29, 1.82) is 0 Å². The summed E-state index contributed by atoms with van der Waals surface area (Å²) in [6.07, 6.45) is 1.29. The van der Waals surface area contributed by atoms with E-state index in [4.69, 9.17) is 16.7 Å². The van der Waals surface area contributed by atoms with Gasteiger partial charge in [0.1, 0.15) is 5.56 Å². The first-order valence-electron chi connectivity index (χ1n) is 2.78. The molecule has 1 atom stereocenters. The van der Waals surface area contributed by atoms with Crippen molar-refractivity contribution in [3.63, 3.8) is 0 Å². The summed E-state index contributed by atoms with van der Waals surface area (Å²) in [4.78, 5) is 10.3. The smallest absolute Gasteiger partial charge is 0.330 e. The minimum Gasteiger partial charge on any atom is -0.462 e. The van der Waals surface area contributed by atoms with E-state index in [1.807, 2.05) is 0 Å². The quantitative estimate of drug-likeness (QED) is 0.377. The third kappa shape index (κ3) is 5.59. The van der Waals surface area contributed by atoms with E-state index >= 15 is 0 Å². The molecule has 4 heteroatoms. The van der Waals surface area contributed by atoms with Crippen LogP contribution in [0.3, 0.4) is 0 Å². The van der Waals surface area contributed by atoms with Gasteiger partial charge in [0.25, 0.3) is 0 Å². The van der Waals surface area contributed by atoms with Crippen LogP contribution in [-0.4, -0.2) is 23.2 Å². The number of hydrogen-bond acceptors (Lipinski definition) is 3. The van der Waals surface area contributed by atoms with Gasteiger partial charge in [-0.1, -0.05) is 18.2 Å². The van der Waals surface area contributed by atoms with Crippen LogP contribution >= 0.6 is 11.6 Å². The SMILES string of the molecule is C=CC(=O)OCCC(O)Cl. The molecule has 10 heavy (non-hydrogen) atoms. The molecule has 0 aromatic rings. The highest BCUT2D eigenvalue weighted by Gasteiger charge is 1.99. The second kappa shape index (κ2) is 5.26. The molecule has 0 saturated heterocycles. The van der Waals surface area contributed by atoms with Gasteiger partial charge in [-0.2, -0.15) is 0 Å². The standard InChI is InChI=1S/C6H9ClO3/c1-2-6(9)10-4-3-5(7)8/h2,5,8H,1,3-4H2. The molecule has 0 heterocycles. The number of alkyl halides is 1. The average molecular weight is 165 g/mol. The van der Waals surface area contributed by atoms with E-state index in [1.54, 1.807) is 0 Å². The number of carbonyl (C=O) groups is 1. The number of aliphatic hydroxyl groups is 1. The monoisotopic (exact) mass is 164 g/mol. The number of rotatable bonds is 4. The fourth-order valence-corrected chi connectivity index (χ4v) is 0.405. The van der Waals surface area contributed by atoms with Crippen LogP contribution in [0.25, 0.3) is 0 Å². The van der Waals surface area contributed by atoms with Crippen LogP contribution < -0.4 is 0 Å². The first-order chi connectivity index (χ1) is 4.66. The van der Waals surface area contributed by atoms with Gasteiger partial charge in [0.2, 0.25) is 0 Å². The Morgan fingerprint density at radius 2 is 2.50 bits per heavy atom. The average Bonchev–Trinajstić information content (AvgIpc) is 1.87. The van der Waals surface area contributed by atoms with Gasteiger partial charge in [-0.15, -0.1) is 0 Å². The lowest BCUT2D eigenvalue weighted by Crippen LogP contribution is -2.06. The van der Waals surface area contributed by atoms with Crippen LogP contribution in [0, 0.1) is 0 Å². The highest BCUT2D eigenvalue weighted by molar-refractivity contribution is 6.19. The molecule has 0 bridgehead atoms. The molecule has 58 valence electrons. The number of esters is 1. The Bertz CT molecular complexity index is 122. The van der Waals surface area contributed by atoms with Crippen molar-refractivity contribution >= 4 is 17.6 Å². The summed E-state index contributed by atoms with van der Waals surface area (Å²) < 4.78 is 4.50. The van der Waals surface area contributed by atoms with Gasteiger partial charge in [0, 0.05) is 12.5 Å². The van der Waals surface area contributed by atoms with E-state index in [9.17, 15) is 4.79 Å². The summed E-state index contributed by atoms with van der Waals surface area (Å²) >= 11 is 5.14. The lowest BCUT2D eigenvalue weighted by molar-refractivity contribution is -0.138. The molecular formula is C6H9ClO3. The molecule has 1 unspecified atom stereocenters. The Morgan fingerprint density at radius 3 is 2.90 bits per heavy atom. The van der Waals surface area contributed by atoms with Gasteiger partial charge in [-0.25, -0.2) is 4.79 Å². The topological polar surface area (TPSA) is 46.5 Å². The fourth-order valence-electron chi connectivity index (χ4n) is 0.316. The largest absolute Gasteiger partial charge is 0.462 e. The van der Waals surface area contributed by atoms with Crippen LogP contribution in [0.5, 0.6) is 0 Å². The fraction of sp³-hybridized carbons (Fsp3) is 0.500. The third-order valence-electron chi connectivity index (χ3n) is 0.767. The molecule has 0 aliphatic carbocycles. The number of hydrogen-bond donors (Lipinski definition) is 1. The van der Waals surface area contributed by atoms with E-state index in [0.717, 1.165) is 6.08 Å². The van der Waals surface area contributed by atoms with Crippen molar-refractivity contribution in [2.24, 2.45) is 0 Å². The van der Waals surface area contributed by atoms with Crippen LogP contribution in [-0.2, 0) is 9.53 Å². The maximum Gasteiger partial charge on any atom is 0.330 e. The normalized spacial score (nSPS) is 12.2. The molecule has 0 aromatic heterocycles. The van der Waals surface area contributed by atoms with Gasteiger partial charge < -0.3 is 9.84 Å². The second-order valence-electron chi connectivity index (χ2n) is 1.59. The molecule has 0 radical (unpaired) electrons. The predicted molar refractivity (Wildman–Crippen MR) is 37.6 cm³/mol. The van der Waals surface area contributed by atoms with Gasteiger partial charge in [0.15, 0.2) is 0 Å². The molecule has 0 aliphatic heterocycles. The minimum atomic E-state index is -0.947. The molecule has 3 nitrogen and oxygen atoms in total. The summed E-state index contributed by atoms with van der Waals surface area (Å²) in [6.45, 7) is 3.31. The lowest BCUT2D eigenvalue weighted by Gasteiger charge is -2.01. The zero-order chi connectivity index (χ0) is 7.98. The van der Waals surface area contributed by atoms with Crippen molar-refractivity contribution in [3.05, 3.63) is 12.7 Å². The Morgan fingerprint density at radius 1 is 1.90 bits per heavy atom. The number of ether oxygens (including phenoxy) is 1. The highest BCUT2D eigenvalue weighted by Crippen LogP contribution is 1.96. The van der Waals surface area contributed by atoms with Gasteiger partial charge >= 0.3 is 5.97 Å². The van der Waals surface area contributed by atoms with E-state index in [1.165, 1.54) is 0 Å². The Hall–Kier alpha value is -0.540. The van der Waals surface area contributed by atoms with Gasteiger partial charge in [-0.05, 0) is 0 Å². The van der Waals surface area contributed by atoms with Gasteiger partial charge in [0.05, 0.1) is 6.61 Å². The van der Waals surface area contributed by atoms with E-state index < -0.39 is 11.5 Å². The summed E-state index contributed by atoms with van der Waals surface area (Å²) in [5.74, 6) is -0.502. The Labute approximate surface area is 64.2 Å². The molecule has 0 saturated carbocycles. The maximum atomic E-state index is 10.3. The molecule has 0 aliphatic rings. The molecule has 0 spiro atoms. The zero-order valence-electron chi connectivity index (χ0n) is 5.42. The second-order valence-corrected chi connectivity index (χ2v) is 2.10. The first kappa shape index (κ1) is 9.46. The molecular weight excluding hydrogens is 156 g/mol. The van der Waals surface area contributed by atoms with Crippen molar-refractivity contribution < 1.29 is 14.6 Å². The number of halogens is 1. The number of aliphatic hydroxyl groups excluding tert-OH is 1. The first-order valence-corrected chi connectivity index (χ1v) is 3.21. The summed E-state index contributed by atoms with van der Waals surface area (Å²) in [6, 6.07) is 0. The maximum absolute atomic E-state index is 10.3. The van der Waals surface area contributed by atoms with Crippen LogP contribution in [0.2, 0.25) is 0 Å². The zero-order valence-corrected chi connectivity index (χ0v) is 6.17.